The maximum Gasteiger partial charge on any atom is 0.319 e. The van der Waals surface area contributed by atoms with Crippen LogP contribution in [0.2, 0.25) is 10.0 Å². The third kappa shape index (κ3) is 7.44. The molecule has 10 heteroatoms. The van der Waals surface area contributed by atoms with E-state index in [-0.39, 0.29) is 12.3 Å². The highest BCUT2D eigenvalue weighted by Gasteiger charge is 2.14. The van der Waals surface area contributed by atoms with Crippen LogP contribution in [-0.2, 0) is 29.5 Å². The first-order valence-corrected chi connectivity index (χ1v) is 12.7. The number of halogens is 2. The minimum Gasteiger partial charge on any atom is -0.334 e. The van der Waals surface area contributed by atoms with E-state index in [0.717, 1.165) is 11.1 Å². The number of nitriles is 1. The van der Waals surface area contributed by atoms with Gasteiger partial charge in [-0.1, -0.05) is 59.6 Å². The van der Waals surface area contributed by atoms with Crippen molar-refractivity contribution in [3.8, 4) is 17.2 Å². The molecule has 0 aliphatic rings. The number of amides is 2. The number of nitrogens with one attached hydrogen (secondary N) is 2. The SMILES string of the molecule is CN(C)Cc1ccc(-c2c(Cl)cc(NC(=O)NCc3ccc(C[SH](=O)=O)cc3)cc2Cl)cc1C#N. The Morgan fingerprint density at radius 3 is 2.20 bits per heavy atom. The zero-order valence-corrected chi connectivity index (χ0v) is 21.5. The molecular weight excluding hydrogens is 507 g/mol. The predicted molar refractivity (Wildman–Crippen MR) is 140 cm³/mol. The first kappa shape index (κ1) is 26.5. The fourth-order valence-corrected chi connectivity index (χ4v) is 4.72. The van der Waals surface area contributed by atoms with Gasteiger partial charge < -0.3 is 15.5 Å². The molecule has 0 aromatic heterocycles. The minimum absolute atomic E-state index is 0.0148. The lowest BCUT2D eigenvalue weighted by Gasteiger charge is -2.15. The topological polar surface area (TPSA) is 102 Å². The molecule has 0 spiro atoms. The molecule has 0 saturated carbocycles. The quantitative estimate of drug-likeness (QED) is 0.354. The van der Waals surface area contributed by atoms with E-state index in [1.165, 1.54) is 0 Å². The van der Waals surface area contributed by atoms with E-state index in [1.807, 2.05) is 31.1 Å². The second kappa shape index (κ2) is 12.0. The van der Waals surface area contributed by atoms with Gasteiger partial charge in [0, 0.05) is 24.3 Å². The molecule has 182 valence electrons. The third-order valence-corrected chi connectivity index (χ3v) is 6.31. The molecule has 3 aromatic carbocycles. The largest absolute Gasteiger partial charge is 0.334 e. The Bertz CT molecular complexity index is 1320. The fourth-order valence-electron chi connectivity index (χ4n) is 3.50. The first-order valence-electron chi connectivity index (χ1n) is 10.6. The molecule has 2 amide bonds. The summed E-state index contributed by atoms with van der Waals surface area (Å²) in [6.07, 6.45) is 0. The van der Waals surface area contributed by atoms with Crippen LogP contribution in [0, 0.1) is 11.3 Å². The summed E-state index contributed by atoms with van der Waals surface area (Å²) in [7, 11) is 1.38. The van der Waals surface area contributed by atoms with E-state index >= 15 is 0 Å². The molecule has 0 radical (unpaired) electrons. The van der Waals surface area contributed by atoms with Crippen molar-refractivity contribution in [2.75, 3.05) is 19.4 Å². The van der Waals surface area contributed by atoms with Crippen LogP contribution in [-0.4, -0.2) is 33.4 Å². The maximum absolute atomic E-state index is 12.4. The molecule has 2 N–H and O–H groups in total. The van der Waals surface area contributed by atoms with E-state index in [2.05, 4.69) is 16.7 Å². The van der Waals surface area contributed by atoms with E-state index in [0.29, 0.717) is 44.5 Å². The molecule has 0 atom stereocenters. The Balaban J connectivity index is 1.69. The number of urea groups is 1. The fraction of sp³-hybridized carbons (Fsp3) is 0.200. The molecule has 0 bridgehead atoms. The van der Waals surface area contributed by atoms with Crippen molar-refractivity contribution >= 4 is 45.6 Å². The van der Waals surface area contributed by atoms with Crippen LogP contribution in [0.4, 0.5) is 10.5 Å². The summed E-state index contributed by atoms with van der Waals surface area (Å²) < 4.78 is 21.6. The Hall–Kier alpha value is -3.09. The number of rotatable bonds is 8. The van der Waals surface area contributed by atoms with Gasteiger partial charge in [0.15, 0.2) is 0 Å². The number of hydrogen-bond donors (Lipinski definition) is 3. The standard InChI is InChI=1S/C25H24Cl2N4O3S/c1-31(2)14-19-8-7-18(9-20(19)12-28)24-22(26)10-21(11-23(24)27)30-25(32)29-13-16-3-5-17(6-4-16)15-35(33)34/h3-11,35H,13-15H2,1-2H3,(H2,29,30,32). The average molecular weight is 531 g/mol. The number of benzene rings is 3. The summed E-state index contributed by atoms with van der Waals surface area (Å²) in [6.45, 7) is 0.889. The van der Waals surface area contributed by atoms with Crippen molar-refractivity contribution in [1.82, 2.24) is 10.2 Å². The molecule has 35 heavy (non-hydrogen) atoms. The number of thiol groups is 1. The Labute approximate surface area is 216 Å². The van der Waals surface area contributed by atoms with Crippen LogP contribution in [0.3, 0.4) is 0 Å². The third-order valence-electron chi connectivity index (χ3n) is 5.09. The molecule has 0 saturated heterocycles. The second-order valence-corrected chi connectivity index (χ2v) is 9.95. The van der Waals surface area contributed by atoms with Crippen LogP contribution in [0.5, 0.6) is 0 Å². The number of nitrogens with zero attached hydrogens (tertiary/aromatic N) is 2. The Kier molecular flexibility index (Phi) is 9.13. The summed E-state index contributed by atoms with van der Waals surface area (Å²) in [5.74, 6) is -0.0148. The Morgan fingerprint density at radius 1 is 1.00 bits per heavy atom. The van der Waals surface area contributed by atoms with Gasteiger partial charge in [0.05, 0.1) is 27.4 Å². The Morgan fingerprint density at radius 2 is 1.63 bits per heavy atom. The van der Waals surface area contributed by atoms with Crippen molar-refractivity contribution in [2.24, 2.45) is 0 Å². The molecule has 0 unspecified atom stereocenters. The summed E-state index contributed by atoms with van der Waals surface area (Å²) in [6, 6.07) is 17.4. The zero-order chi connectivity index (χ0) is 25.5. The number of carbonyl (C=O) groups excluding carboxylic acids is 1. The van der Waals surface area contributed by atoms with Gasteiger partial charge >= 0.3 is 6.03 Å². The highest BCUT2D eigenvalue weighted by Crippen LogP contribution is 2.38. The van der Waals surface area contributed by atoms with Crippen molar-refractivity contribution in [2.45, 2.75) is 18.8 Å². The van der Waals surface area contributed by atoms with Gasteiger partial charge in [-0.05, 0) is 54.5 Å². The molecule has 0 aliphatic heterocycles. The predicted octanol–water partition coefficient (Wildman–Crippen LogP) is 5.03. The zero-order valence-electron chi connectivity index (χ0n) is 19.1. The molecule has 0 heterocycles. The lowest BCUT2D eigenvalue weighted by molar-refractivity contribution is 0.251. The normalized spacial score (nSPS) is 10.9. The summed E-state index contributed by atoms with van der Waals surface area (Å²) >= 11 is 13.0. The number of hydrogen-bond acceptors (Lipinski definition) is 5. The second-order valence-electron chi connectivity index (χ2n) is 8.15. The molecular formula is C25H24Cl2N4O3S. The highest BCUT2D eigenvalue weighted by atomic mass is 35.5. The van der Waals surface area contributed by atoms with Gasteiger partial charge in [0.2, 0.25) is 0 Å². The van der Waals surface area contributed by atoms with E-state index in [1.54, 1.807) is 42.5 Å². The van der Waals surface area contributed by atoms with Crippen molar-refractivity contribution in [3.63, 3.8) is 0 Å². The summed E-state index contributed by atoms with van der Waals surface area (Å²) in [5.41, 5.74) is 4.65. The first-order chi connectivity index (χ1) is 16.7. The number of anilines is 1. The van der Waals surface area contributed by atoms with E-state index in [4.69, 9.17) is 23.2 Å². The summed E-state index contributed by atoms with van der Waals surface area (Å²) in [5, 5.41) is 15.7. The van der Waals surface area contributed by atoms with Gasteiger partial charge in [-0.3, -0.25) is 0 Å². The van der Waals surface area contributed by atoms with Crippen LogP contribution >= 0.6 is 23.2 Å². The van der Waals surface area contributed by atoms with Gasteiger partial charge in [0.25, 0.3) is 0 Å². The molecule has 0 fully saturated rings. The molecule has 3 aromatic rings. The molecule has 7 nitrogen and oxygen atoms in total. The molecule has 3 rings (SSSR count). The molecule has 0 aliphatic carbocycles. The smallest absolute Gasteiger partial charge is 0.319 e. The van der Waals surface area contributed by atoms with Crippen LogP contribution in [0.15, 0.2) is 54.6 Å². The number of carbonyl (C=O) groups is 1. The maximum atomic E-state index is 12.4. The minimum atomic E-state index is -2.48. The van der Waals surface area contributed by atoms with Gasteiger partial charge in [0.1, 0.15) is 10.7 Å². The summed E-state index contributed by atoms with van der Waals surface area (Å²) in [4.78, 5) is 14.3. The van der Waals surface area contributed by atoms with Crippen molar-refractivity contribution in [3.05, 3.63) is 86.9 Å². The van der Waals surface area contributed by atoms with Crippen LogP contribution < -0.4 is 10.6 Å². The van der Waals surface area contributed by atoms with Crippen LogP contribution in [0.1, 0.15) is 22.3 Å². The highest BCUT2D eigenvalue weighted by molar-refractivity contribution is 7.71. The average Bonchev–Trinajstić information content (AvgIpc) is 2.78. The lowest BCUT2D eigenvalue weighted by Crippen LogP contribution is -2.28. The monoisotopic (exact) mass is 530 g/mol. The van der Waals surface area contributed by atoms with E-state index < -0.39 is 16.7 Å². The van der Waals surface area contributed by atoms with Gasteiger partial charge in [-0.15, -0.1) is 0 Å². The van der Waals surface area contributed by atoms with Gasteiger partial charge in [-0.25, -0.2) is 13.2 Å². The van der Waals surface area contributed by atoms with Crippen molar-refractivity contribution in [1.29, 1.82) is 5.26 Å². The van der Waals surface area contributed by atoms with Crippen LogP contribution in [0.25, 0.3) is 11.1 Å². The van der Waals surface area contributed by atoms with Gasteiger partial charge in [-0.2, -0.15) is 5.26 Å². The van der Waals surface area contributed by atoms with Crippen molar-refractivity contribution < 1.29 is 13.2 Å². The lowest BCUT2D eigenvalue weighted by atomic mass is 9.99. The van der Waals surface area contributed by atoms with E-state index in [9.17, 15) is 18.5 Å².